The van der Waals surface area contributed by atoms with Crippen LogP contribution < -0.4 is 0 Å². The number of methoxy groups -OCH3 is 2. The summed E-state index contributed by atoms with van der Waals surface area (Å²) in [6.07, 6.45) is 1.02. The third-order valence-corrected chi connectivity index (χ3v) is 0.656. The number of ether oxygens (including phenoxy) is 2. The molecule has 4 heteroatoms. The first-order valence-corrected chi connectivity index (χ1v) is 2.22. The fourth-order valence-electron chi connectivity index (χ4n) is 0.293. The minimum atomic E-state index is -1.14. The van der Waals surface area contributed by atoms with Crippen molar-refractivity contribution in [1.82, 2.24) is 0 Å². The number of aliphatic carboxylic acids is 1. The zero-order valence-electron chi connectivity index (χ0n) is 5.25. The van der Waals surface area contributed by atoms with Crippen LogP contribution in [0, 0.1) is 0 Å². The Morgan fingerprint density at radius 1 is 1.56 bits per heavy atom. The van der Waals surface area contributed by atoms with Crippen LogP contribution in [-0.2, 0) is 14.3 Å². The van der Waals surface area contributed by atoms with Gasteiger partial charge in [-0.25, -0.2) is 4.79 Å². The molecule has 0 bridgehead atoms. The molecule has 0 aromatic carbocycles. The number of hydrogen-bond acceptors (Lipinski definition) is 3. The molecular formula is C5H8O4. The van der Waals surface area contributed by atoms with Gasteiger partial charge in [-0.2, -0.15) is 0 Å². The second kappa shape index (κ2) is 3.77. The van der Waals surface area contributed by atoms with Gasteiger partial charge >= 0.3 is 5.97 Å². The van der Waals surface area contributed by atoms with Gasteiger partial charge in [-0.3, -0.25) is 0 Å². The Labute approximate surface area is 52.7 Å². The van der Waals surface area contributed by atoms with Crippen LogP contribution in [0.2, 0.25) is 0 Å². The van der Waals surface area contributed by atoms with E-state index < -0.39 is 5.97 Å². The van der Waals surface area contributed by atoms with Gasteiger partial charge in [-0.15, -0.1) is 0 Å². The monoisotopic (exact) mass is 132 g/mol. The summed E-state index contributed by atoms with van der Waals surface area (Å²) in [4.78, 5) is 10.0. The SMILES string of the molecule is CO/C=C(\OC)C(=O)O. The average molecular weight is 132 g/mol. The lowest BCUT2D eigenvalue weighted by molar-refractivity contribution is -0.136. The third kappa shape index (κ3) is 2.58. The molecule has 1 N–H and O–H groups in total. The van der Waals surface area contributed by atoms with Crippen molar-refractivity contribution in [3.8, 4) is 0 Å². The van der Waals surface area contributed by atoms with Gasteiger partial charge in [0.05, 0.1) is 14.2 Å². The average Bonchev–Trinajstić information content (AvgIpc) is 1.82. The van der Waals surface area contributed by atoms with Gasteiger partial charge in [-0.05, 0) is 0 Å². The number of rotatable bonds is 3. The molecule has 0 heterocycles. The van der Waals surface area contributed by atoms with Crippen molar-refractivity contribution in [2.75, 3.05) is 14.2 Å². The van der Waals surface area contributed by atoms with Gasteiger partial charge in [0.25, 0.3) is 0 Å². The maximum Gasteiger partial charge on any atom is 0.374 e. The summed E-state index contributed by atoms with van der Waals surface area (Å²) in [7, 11) is 2.61. The van der Waals surface area contributed by atoms with Gasteiger partial charge in [0, 0.05) is 0 Å². The van der Waals surface area contributed by atoms with Gasteiger partial charge in [0.15, 0.2) is 0 Å². The molecule has 0 radical (unpaired) electrons. The molecule has 9 heavy (non-hydrogen) atoms. The number of carboxylic acids is 1. The smallest absolute Gasteiger partial charge is 0.374 e. The predicted octanol–water partition coefficient (Wildman–Crippen LogP) is 0.205. The van der Waals surface area contributed by atoms with Gasteiger partial charge in [0.2, 0.25) is 5.76 Å². The zero-order chi connectivity index (χ0) is 7.28. The van der Waals surface area contributed by atoms with E-state index in [2.05, 4.69) is 9.47 Å². The maximum atomic E-state index is 10.0. The Balaban J connectivity index is 3.98. The van der Waals surface area contributed by atoms with Gasteiger partial charge < -0.3 is 14.6 Å². The Morgan fingerprint density at radius 2 is 2.11 bits per heavy atom. The molecule has 0 rings (SSSR count). The zero-order valence-corrected chi connectivity index (χ0v) is 5.25. The van der Waals surface area contributed by atoms with E-state index >= 15 is 0 Å². The van der Waals surface area contributed by atoms with Gasteiger partial charge in [0.1, 0.15) is 6.26 Å². The van der Waals surface area contributed by atoms with Crippen LogP contribution in [0.5, 0.6) is 0 Å². The third-order valence-electron chi connectivity index (χ3n) is 0.656. The number of hydrogen-bond donors (Lipinski definition) is 1. The summed E-state index contributed by atoms with van der Waals surface area (Å²) in [5, 5.41) is 8.23. The molecule has 0 aliphatic carbocycles. The van der Waals surface area contributed by atoms with Crippen molar-refractivity contribution in [3.05, 3.63) is 12.0 Å². The first-order chi connectivity index (χ1) is 4.22. The fourth-order valence-corrected chi connectivity index (χ4v) is 0.293. The molecule has 0 aliphatic heterocycles. The van der Waals surface area contributed by atoms with E-state index in [-0.39, 0.29) is 5.76 Å². The van der Waals surface area contributed by atoms with Crippen molar-refractivity contribution in [1.29, 1.82) is 0 Å². The van der Waals surface area contributed by atoms with E-state index in [0.29, 0.717) is 0 Å². The Bertz CT molecular complexity index is 127. The second-order valence-corrected chi connectivity index (χ2v) is 1.23. The molecule has 4 nitrogen and oxygen atoms in total. The Kier molecular flexibility index (Phi) is 3.27. The van der Waals surface area contributed by atoms with Crippen molar-refractivity contribution >= 4 is 5.97 Å². The molecule has 0 amide bonds. The lowest BCUT2D eigenvalue weighted by Crippen LogP contribution is -2.02. The first kappa shape index (κ1) is 7.81. The molecule has 0 aliphatic rings. The summed E-state index contributed by atoms with van der Waals surface area (Å²) in [5.74, 6) is -1.35. The molecule has 0 fully saturated rings. The minimum absolute atomic E-state index is 0.211. The highest BCUT2D eigenvalue weighted by Crippen LogP contribution is 1.93. The summed E-state index contributed by atoms with van der Waals surface area (Å²) < 4.78 is 8.78. The van der Waals surface area contributed by atoms with Crippen molar-refractivity contribution in [3.63, 3.8) is 0 Å². The summed E-state index contributed by atoms with van der Waals surface area (Å²) in [6, 6.07) is 0. The highest BCUT2D eigenvalue weighted by atomic mass is 16.5. The lowest BCUT2D eigenvalue weighted by Gasteiger charge is -1.96. The van der Waals surface area contributed by atoms with Crippen LogP contribution in [-0.4, -0.2) is 25.3 Å². The van der Waals surface area contributed by atoms with E-state index in [1.54, 1.807) is 0 Å². The van der Waals surface area contributed by atoms with E-state index in [0.717, 1.165) is 6.26 Å². The van der Waals surface area contributed by atoms with Crippen molar-refractivity contribution < 1.29 is 19.4 Å². The van der Waals surface area contributed by atoms with Crippen LogP contribution in [0.25, 0.3) is 0 Å². The van der Waals surface area contributed by atoms with E-state index in [1.807, 2.05) is 0 Å². The normalized spacial score (nSPS) is 10.7. The molecule has 0 unspecified atom stereocenters. The summed E-state index contributed by atoms with van der Waals surface area (Å²) in [6.45, 7) is 0. The van der Waals surface area contributed by atoms with Crippen LogP contribution in [0.15, 0.2) is 12.0 Å². The van der Waals surface area contributed by atoms with Crippen LogP contribution in [0.4, 0.5) is 0 Å². The molecule has 0 aromatic rings. The van der Waals surface area contributed by atoms with Crippen molar-refractivity contribution in [2.45, 2.75) is 0 Å². The first-order valence-electron chi connectivity index (χ1n) is 2.22. The standard InChI is InChI=1S/C5H8O4/c1-8-3-4(9-2)5(6)7/h3H,1-2H3,(H,6,7)/b4-3-. The molecule has 0 saturated heterocycles. The van der Waals surface area contributed by atoms with Crippen LogP contribution in [0.1, 0.15) is 0 Å². The molecule has 0 saturated carbocycles. The number of carbonyl (C=O) groups is 1. The van der Waals surface area contributed by atoms with Crippen molar-refractivity contribution in [2.24, 2.45) is 0 Å². The maximum absolute atomic E-state index is 10.0. The molecule has 0 aromatic heterocycles. The molecule has 52 valence electrons. The molecule has 0 spiro atoms. The minimum Gasteiger partial charge on any atom is -0.500 e. The Morgan fingerprint density at radius 3 is 2.22 bits per heavy atom. The second-order valence-electron chi connectivity index (χ2n) is 1.23. The van der Waals surface area contributed by atoms with Gasteiger partial charge in [-0.1, -0.05) is 0 Å². The largest absolute Gasteiger partial charge is 0.500 e. The summed E-state index contributed by atoms with van der Waals surface area (Å²) >= 11 is 0. The Hall–Kier alpha value is -1.19. The summed E-state index contributed by atoms with van der Waals surface area (Å²) in [5.41, 5.74) is 0. The fraction of sp³-hybridized carbons (Fsp3) is 0.400. The molecular weight excluding hydrogens is 124 g/mol. The number of carboxylic acid groups (broad SMARTS) is 1. The predicted molar refractivity (Wildman–Crippen MR) is 29.7 cm³/mol. The lowest BCUT2D eigenvalue weighted by atomic mass is 10.6. The van der Waals surface area contributed by atoms with Crippen LogP contribution >= 0.6 is 0 Å². The van der Waals surface area contributed by atoms with E-state index in [1.165, 1.54) is 14.2 Å². The van der Waals surface area contributed by atoms with Crippen LogP contribution in [0.3, 0.4) is 0 Å². The molecule has 0 atom stereocenters. The van der Waals surface area contributed by atoms with E-state index in [9.17, 15) is 4.79 Å². The highest BCUT2D eigenvalue weighted by molar-refractivity contribution is 5.83. The van der Waals surface area contributed by atoms with E-state index in [4.69, 9.17) is 5.11 Å². The quantitative estimate of drug-likeness (QED) is 0.440. The topological polar surface area (TPSA) is 55.8 Å². The highest BCUT2D eigenvalue weighted by Gasteiger charge is 2.04.